The second-order valence-corrected chi connectivity index (χ2v) is 4.18. The topological polar surface area (TPSA) is 108 Å². The van der Waals surface area contributed by atoms with Crippen LogP contribution in [-0.2, 0) is 11.3 Å². The first-order chi connectivity index (χ1) is 7.79. The van der Waals surface area contributed by atoms with Crippen LogP contribution in [0.5, 0.6) is 0 Å². The molecule has 1 aliphatic heterocycles. The van der Waals surface area contributed by atoms with Crippen molar-refractivity contribution in [2.45, 2.75) is 17.8 Å². The lowest BCUT2D eigenvalue weighted by Gasteiger charge is -2.06. The van der Waals surface area contributed by atoms with Gasteiger partial charge in [0.1, 0.15) is 6.10 Å². The van der Waals surface area contributed by atoms with E-state index in [2.05, 4.69) is 20.8 Å². The van der Waals surface area contributed by atoms with Crippen molar-refractivity contribution < 1.29 is 9.53 Å². The molecule has 3 N–H and O–H groups in total. The van der Waals surface area contributed by atoms with E-state index in [0.717, 1.165) is 0 Å². The first-order valence-electron chi connectivity index (χ1n) is 4.83. The third-order valence-electron chi connectivity index (χ3n) is 1.99. The molecule has 2 heterocycles. The number of amides is 1. The number of cyclic esters (lactones) is 1. The lowest BCUT2D eigenvalue weighted by Crippen LogP contribution is -2.17. The van der Waals surface area contributed by atoms with E-state index in [-0.39, 0.29) is 12.2 Å². The van der Waals surface area contributed by atoms with Crippen molar-refractivity contribution in [1.29, 1.82) is 0 Å². The average Bonchev–Trinajstić information content (AvgIpc) is 2.85. The molecular weight excluding hydrogens is 232 g/mol. The SMILES string of the molecule is NCCn1nnnc1SCC1CNC(=O)O1. The molecule has 0 aliphatic carbocycles. The molecule has 88 valence electrons. The summed E-state index contributed by atoms with van der Waals surface area (Å²) >= 11 is 1.45. The summed E-state index contributed by atoms with van der Waals surface area (Å²) in [6, 6.07) is 0. The maximum Gasteiger partial charge on any atom is 0.407 e. The molecule has 0 saturated carbocycles. The van der Waals surface area contributed by atoms with Gasteiger partial charge < -0.3 is 15.8 Å². The van der Waals surface area contributed by atoms with Gasteiger partial charge in [0.2, 0.25) is 5.16 Å². The molecule has 8 nitrogen and oxygen atoms in total. The van der Waals surface area contributed by atoms with Gasteiger partial charge in [-0.3, -0.25) is 0 Å². The molecule has 1 saturated heterocycles. The number of tetrazole rings is 1. The summed E-state index contributed by atoms with van der Waals surface area (Å²) in [6.45, 7) is 1.60. The van der Waals surface area contributed by atoms with E-state index < -0.39 is 0 Å². The third kappa shape index (κ3) is 2.61. The van der Waals surface area contributed by atoms with Crippen LogP contribution in [0.3, 0.4) is 0 Å². The molecule has 16 heavy (non-hydrogen) atoms. The van der Waals surface area contributed by atoms with Crippen LogP contribution in [0, 0.1) is 0 Å². The number of aromatic nitrogens is 4. The van der Waals surface area contributed by atoms with Gasteiger partial charge in [-0.2, -0.15) is 0 Å². The lowest BCUT2D eigenvalue weighted by atomic mass is 10.4. The van der Waals surface area contributed by atoms with E-state index in [4.69, 9.17) is 10.5 Å². The molecule has 0 aromatic carbocycles. The van der Waals surface area contributed by atoms with Gasteiger partial charge in [0.25, 0.3) is 0 Å². The molecular formula is C7H12N6O2S. The number of hydrogen-bond acceptors (Lipinski definition) is 7. The van der Waals surface area contributed by atoms with Crippen molar-refractivity contribution in [3.8, 4) is 0 Å². The Kier molecular flexibility index (Phi) is 3.57. The number of nitrogens with zero attached hydrogens (tertiary/aromatic N) is 4. The van der Waals surface area contributed by atoms with Gasteiger partial charge in [0, 0.05) is 12.3 Å². The second-order valence-electron chi connectivity index (χ2n) is 3.19. The van der Waals surface area contributed by atoms with Crippen LogP contribution in [0.1, 0.15) is 0 Å². The smallest absolute Gasteiger partial charge is 0.407 e. The first kappa shape index (κ1) is 11.1. The predicted molar refractivity (Wildman–Crippen MR) is 55.9 cm³/mol. The fraction of sp³-hybridized carbons (Fsp3) is 0.714. The Bertz CT molecular complexity index is 370. The van der Waals surface area contributed by atoms with Crippen molar-refractivity contribution in [1.82, 2.24) is 25.5 Å². The molecule has 1 unspecified atom stereocenters. The predicted octanol–water partition coefficient (Wildman–Crippen LogP) is -1.17. The van der Waals surface area contributed by atoms with Gasteiger partial charge in [0.05, 0.1) is 13.1 Å². The number of rotatable bonds is 5. The highest BCUT2D eigenvalue weighted by Crippen LogP contribution is 2.17. The summed E-state index contributed by atoms with van der Waals surface area (Å²) in [5.74, 6) is 0.629. The third-order valence-corrected chi connectivity index (χ3v) is 3.08. The molecule has 0 bridgehead atoms. The summed E-state index contributed by atoms with van der Waals surface area (Å²) in [5.41, 5.74) is 5.42. The average molecular weight is 244 g/mol. The molecule has 1 aromatic heterocycles. The highest BCUT2D eigenvalue weighted by Gasteiger charge is 2.23. The molecule has 1 amide bonds. The fourth-order valence-electron chi connectivity index (χ4n) is 1.25. The Balaban J connectivity index is 1.84. The van der Waals surface area contributed by atoms with E-state index in [0.29, 0.717) is 30.5 Å². The van der Waals surface area contributed by atoms with Gasteiger partial charge in [-0.15, -0.1) is 5.10 Å². The number of hydrogen-bond donors (Lipinski definition) is 2. The Labute approximate surface area is 95.9 Å². The largest absolute Gasteiger partial charge is 0.443 e. The van der Waals surface area contributed by atoms with Gasteiger partial charge in [-0.05, 0) is 10.4 Å². The summed E-state index contributed by atoms with van der Waals surface area (Å²) in [5, 5.41) is 14.5. The highest BCUT2D eigenvalue weighted by molar-refractivity contribution is 7.99. The number of ether oxygens (including phenoxy) is 1. The summed E-state index contributed by atoms with van der Waals surface area (Å²) in [7, 11) is 0. The normalized spacial score (nSPS) is 19.6. The van der Waals surface area contributed by atoms with Crippen LogP contribution in [0.4, 0.5) is 4.79 Å². The van der Waals surface area contributed by atoms with Crippen LogP contribution < -0.4 is 11.1 Å². The molecule has 1 atom stereocenters. The van der Waals surface area contributed by atoms with Gasteiger partial charge in [-0.25, -0.2) is 9.48 Å². The van der Waals surface area contributed by atoms with Gasteiger partial charge >= 0.3 is 6.09 Å². The van der Waals surface area contributed by atoms with E-state index >= 15 is 0 Å². The quantitative estimate of drug-likeness (QED) is 0.628. The number of alkyl carbamates (subject to hydrolysis) is 1. The van der Waals surface area contributed by atoms with Crippen molar-refractivity contribution in [3.05, 3.63) is 0 Å². The number of nitrogens with two attached hydrogens (primary N) is 1. The molecule has 0 radical (unpaired) electrons. The number of carbonyl (C=O) groups is 1. The van der Waals surface area contributed by atoms with Crippen LogP contribution >= 0.6 is 11.8 Å². The van der Waals surface area contributed by atoms with Crippen molar-refractivity contribution in [3.63, 3.8) is 0 Å². The summed E-state index contributed by atoms with van der Waals surface area (Å²) < 4.78 is 6.62. The molecule has 1 aliphatic rings. The molecule has 1 fully saturated rings. The summed E-state index contributed by atoms with van der Waals surface area (Å²) in [6.07, 6.45) is -0.493. The van der Waals surface area contributed by atoms with E-state index in [1.165, 1.54) is 11.8 Å². The number of nitrogens with one attached hydrogen (secondary N) is 1. The van der Waals surface area contributed by atoms with Crippen LogP contribution in [0.15, 0.2) is 5.16 Å². The van der Waals surface area contributed by atoms with Crippen LogP contribution in [-0.4, -0.2) is 51.2 Å². The van der Waals surface area contributed by atoms with E-state index in [1.54, 1.807) is 4.68 Å². The zero-order valence-corrected chi connectivity index (χ0v) is 9.31. The minimum atomic E-state index is -0.368. The zero-order chi connectivity index (χ0) is 11.4. The minimum Gasteiger partial charge on any atom is -0.443 e. The molecule has 0 spiro atoms. The fourth-order valence-corrected chi connectivity index (χ4v) is 2.15. The minimum absolute atomic E-state index is 0.125. The number of thioether (sulfide) groups is 1. The molecule has 1 aromatic rings. The first-order valence-corrected chi connectivity index (χ1v) is 5.81. The Morgan fingerprint density at radius 2 is 2.56 bits per heavy atom. The monoisotopic (exact) mass is 244 g/mol. The van der Waals surface area contributed by atoms with E-state index in [1.807, 2.05) is 0 Å². The standard InChI is InChI=1S/C7H12N6O2S/c8-1-2-13-6(10-11-12-13)16-4-5-3-9-7(14)15-5/h5H,1-4,8H2,(H,9,14). The molecule has 9 heteroatoms. The van der Waals surface area contributed by atoms with Crippen LogP contribution in [0.25, 0.3) is 0 Å². The van der Waals surface area contributed by atoms with Crippen molar-refractivity contribution >= 4 is 17.9 Å². The van der Waals surface area contributed by atoms with Crippen LogP contribution in [0.2, 0.25) is 0 Å². The molecule has 2 rings (SSSR count). The lowest BCUT2D eigenvalue weighted by molar-refractivity contribution is 0.150. The summed E-state index contributed by atoms with van der Waals surface area (Å²) in [4.78, 5) is 10.8. The Morgan fingerprint density at radius 3 is 3.25 bits per heavy atom. The maximum atomic E-state index is 10.8. The maximum absolute atomic E-state index is 10.8. The van der Waals surface area contributed by atoms with Crippen molar-refractivity contribution in [2.24, 2.45) is 5.73 Å². The van der Waals surface area contributed by atoms with Gasteiger partial charge in [-0.1, -0.05) is 11.8 Å². The zero-order valence-electron chi connectivity index (χ0n) is 8.50. The number of carbonyl (C=O) groups excluding carboxylic acids is 1. The Hall–Kier alpha value is -1.35. The van der Waals surface area contributed by atoms with Gasteiger partial charge in [0.15, 0.2) is 0 Å². The Morgan fingerprint density at radius 1 is 1.69 bits per heavy atom. The van der Waals surface area contributed by atoms with E-state index in [9.17, 15) is 4.79 Å². The van der Waals surface area contributed by atoms with Crippen molar-refractivity contribution in [2.75, 3.05) is 18.8 Å². The highest BCUT2D eigenvalue weighted by atomic mass is 32.2. The second kappa shape index (κ2) is 5.12.